The first kappa shape index (κ1) is 18.4. The smallest absolute Gasteiger partial charge is 0.246 e. The lowest BCUT2D eigenvalue weighted by Gasteiger charge is -2.37. The average molecular weight is 352 g/mol. The van der Waals surface area contributed by atoms with Crippen molar-refractivity contribution >= 4 is 12.0 Å². The molecule has 0 bridgehead atoms. The number of hydrogen-bond donors (Lipinski definition) is 0. The lowest BCUT2D eigenvalue weighted by Crippen LogP contribution is -2.48. The van der Waals surface area contributed by atoms with Crippen molar-refractivity contribution in [3.63, 3.8) is 0 Å². The van der Waals surface area contributed by atoms with Gasteiger partial charge in [0.1, 0.15) is 0 Å². The number of rotatable bonds is 6. The van der Waals surface area contributed by atoms with Crippen LogP contribution >= 0.6 is 0 Å². The summed E-state index contributed by atoms with van der Waals surface area (Å²) >= 11 is 0. The normalized spacial score (nSPS) is 18.3. The van der Waals surface area contributed by atoms with Gasteiger partial charge in [0.25, 0.3) is 0 Å². The zero-order chi connectivity index (χ0) is 18.4. The number of hydrogen-bond acceptors (Lipinski definition) is 3. The Labute approximate surface area is 155 Å². The lowest BCUT2D eigenvalue weighted by atomic mass is 10.0. The number of piperidine rings is 1. The number of likely N-dealkylation sites (N-methyl/N-ethyl adjacent to an activating group) is 1. The van der Waals surface area contributed by atoms with Crippen molar-refractivity contribution < 1.29 is 4.79 Å². The minimum absolute atomic E-state index is 0.0590. The molecule has 1 aliphatic rings. The zero-order valence-corrected chi connectivity index (χ0v) is 15.7. The molecule has 3 rings (SSSR count). The van der Waals surface area contributed by atoms with Crippen LogP contribution in [-0.2, 0) is 18.3 Å². The number of likely N-dealkylation sites (tertiary alicyclic amines) is 1. The third kappa shape index (κ3) is 5.05. The van der Waals surface area contributed by atoms with Gasteiger partial charge in [-0.1, -0.05) is 30.3 Å². The van der Waals surface area contributed by atoms with Crippen LogP contribution in [0.2, 0.25) is 0 Å². The molecule has 1 saturated heterocycles. The number of amides is 1. The highest BCUT2D eigenvalue weighted by atomic mass is 16.2. The maximum absolute atomic E-state index is 12.5. The minimum Gasteiger partial charge on any atom is -0.338 e. The third-order valence-corrected chi connectivity index (χ3v) is 5.08. The van der Waals surface area contributed by atoms with Crippen molar-refractivity contribution in [2.75, 3.05) is 26.7 Å². The van der Waals surface area contributed by atoms with Crippen LogP contribution in [0.25, 0.3) is 6.08 Å². The van der Waals surface area contributed by atoms with E-state index in [1.54, 1.807) is 17.0 Å². The molecule has 26 heavy (non-hydrogen) atoms. The number of nitrogens with zero attached hydrogens (tertiary/aromatic N) is 4. The Morgan fingerprint density at radius 3 is 2.88 bits per heavy atom. The van der Waals surface area contributed by atoms with Crippen LogP contribution in [-0.4, -0.2) is 58.2 Å². The van der Waals surface area contributed by atoms with Gasteiger partial charge in [0.15, 0.2) is 0 Å². The predicted octanol–water partition coefficient (Wildman–Crippen LogP) is 2.60. The van der Waals surface area contributed by atoms with Crippen LogP contribution in [0, 0.1) is 0 Å². The predicted molar refractivity (Wildman–Crippen MR) is 105 cm³/mol. The Morgan fingerprint density at radius 2 is 2.15 bits per heavy atom. The van der Waals surface area contributed by atoms with Gasteiger partial charge in [0.05, 0.1) is 6.20 Å². The number of carbonyl (C=O) groups excluding carboxylic acids is 1. The summed E-state index contributed by atoms with van der Waals surface area (Å²) in [4.78, 5) is 16.9. The van der Waals surface area contributed by atoms with E-state index in [1.165, 1.54) is 5.56 Å². The molecule has 0 aliphatic carbocycles. The second-order valence-electron chi connectivity index (χ2n) is 7.06. The Hall–Kier alpha value is -2.40. The van der Waals surface area contributed by atoms with Crippen molar-refractivity contribution in [1.29, 1.82) is 0 Å². The van der Waals surface area contributed by atoms with E-state index in [1.807, 2.05) is 31.3 Å². The number of carbonyl (C=O) groups is 1. The van der Waals surface area contributed by atoms with Gasteiger partial charge in [0.2, 0.25) is 5.91 Å². The second-order valence-corrected chi connectivity index (χ2v) is 7.06. The van der Waals surface area contributed by atoms with Gasteiger partial charge in [-0.2, -0.15) is 5.10 Å². The summed E-state index contributed by atoms with van der Waals surface area (Å²) in [6.45, 7) is 3.13. The Bertz CT molecular complexity index is 737. The molecule has 1 aromatic heterocycles. The molecule has 5 nitrogen and oxygen atoms in total. The van der Waals surface area contributed by atoms with Gasteiger partial charge in [0, 0.05) is 51.1 Å². The zero-order valence-electron chi connectivity index (χ0n) is 15.7. The van der Waals surface area contributed by atoms with Crippen LogP contribution in [0.1, 0.15) is 24.0 Å². The molecule has 0 spiro atoms. The van der Waals surface area contributed by atoms with Crippen LogP contribution in [0.5, 0.6) is 0 Å². The third-order valence-electron chi connectivity index (χ3n) is 5.08. The molecule has 5 heteroatoms. The highest BCUT2D eigenvalue weighted by Crippen LogP contribution is 2.16. The first-order valence-corrected chi connectivity index (χ1v) is 9.31. The van der Waals surface area contributed by atoms with Gasteiger partial charge in [-0.25, -0.2) is 0 Å². The topological polar surface area (TPSA) is 41.4 Å². The van der Waals surface area contributed by atoms with E-state index in [0.717, 1.165) is 44.5 Å². The van der Waals surface area contributed by atoms with Gasteiger partial charge in [-0.3, -0.25) is 9.48 Å². The molecule has 1 atom stereocenters. The lowest BCUT2D eigenvalue weighted by molar-refractivity contribution is -0.127. The molecule has 1 unspecified atom stereocenters. The fourth-order valence-electron chi connectivity index (χ4n) is 3.47. The van der Waals surface area contributed by atoms with Gasteiger partial charge >= 0.3 is 0 Å². The van der Waals surface area contributed by atoms with E-state index < -0.39 is 0 Å². The summed E-state index contributed by atoms with van der Waals surface area (Å²) in [5.41, 5.74) is 2.32. The molecule has 1 aliphatic heterocycles. The van der Waals surface area contributed by atoms with Gasteiger partial charge < -0.3 is 9.80 Å². The fourth-order valence-corrected chi connectivity index (χ4v) is 3.47. The SMILES string of the molecule is CN(C(=O)C=Cc1cnn(C)c1)C1CCCN(CCc2ccccc2)C1. The standard InChI is InChI=1S/C21H28N4O/c1-23-16-19(15-22-23)10-11-21(26)24(2)20-9-6-13-25(17-20)14-12-18-7-4-3-5-8-18/h3-5,7-8,10-11,15-16,20H,6,9,12-14,17H2,1-2H3. The van der Waals surface area contributed by atoms with Crippen LogP contribution in [0.15, 0.2) is 48.8 Å². The highest BCUT2D eigenvalue weighted by molar-refractivity contribution is 5.91. The van der Waals surface area contributed by atoms with Crippen molar-refractivity contribution in [3.8, 4) is 0 Å². The number of aromatic nitrogens is 2. The molecular weight excluding hydrogens is 324 g/mol. The van der Waals surface area contributed by atoms with Crippen molar-refractivity contribution in [1.82, 2.24) is 19.6 Å². The second kappa shape index (κ2) is 8.81. The van der Waals surface area contributed by atoms with Crippen LogP contribution < -0.4 is 0 Å². The number of benzene rings is 1. The summed E-state index contributed by atoms with van der Waals surface area (Å²) in [7, 11) is 3.79. The molecule has 2 heterocycles. The first-order valence-electron chi connectivity index (χ1n) is 9.31. The quantitative estimate of drug-likeness (QED) is 0.751. The van der Waals surface area contributed by atoms with Gasteiger partial charge in [-0.05, 0) is 37.4 Å². The Balaban J connectivity index is 1.51. The Kier molecular flexibility index (Phi) is 6.23. The fraction of sp³-hybridized carbons (Fsp3) is 0.429. The van der Waals surface area contributed by atoms with E-state index in [9.17, 15) is 4.79 Å². The van der Waals surface area contributed by atoms with Crippen molar-refractivity contribution in [2.45, 2.75) is 25.3 Å². The molecular formula is C21H28N4O. The molecule has 2 aromatic rings. The monoisotopic (exact) mass is 352 g/mol. The van der Waals surface area contributed by atoms with E-state index in [-0.39, 0.29) is 11.9 Å². The maximum atomic E-state index is 12.5. The largest absolute Gasteiger partial charge is 0.338 e. The molecule has 1 aromatic carbocycles. The van der Waals surface area contributed by atoms with E-state index in [2.05, 4.69) is 40.3 Å². The summed E-state index contributed by atoms with van der Waals surface area (Å²) < 4.78 is 1.74. The molecule has 138 valence electrons. The summed E-state index contributed by atoms with van der Waals surface area (Å²) in [5, 5.41) is 4.12. The molecule has 0 saturated carbocycles. The average Bonchev–Trinajstić information content (AvgIpc) is 3.10. The maximum Gasteiger partial charge on any atom is 0.246 e. The van der Waals surface area contributed by atoms with Crippen molar-refractivity contribution in [3.05, 3.63) is 59.9 Å². The van der Waals surface area contributed by atoms with Crippen LogP contribution in [0.4, 0.5) is 0 Å². The molecule has 0 radical (unpaired) electrons. The summed E-state index contributed by atoms with van der Waals surface area (Å²) in [6, 6.07) is 10.9. The number of aryl methyl sites for hydroxylation is 1. The summed E-state index contributed by atoms with van der Waals surface area (Å²) in [6.07, 6.45) is 10.4. The van der Waals surface area contributed by atoms with Crippen LogP contribution in [0.3, 0.4) is 0 Å². The summed E-state index contributed by atoms with van der Waals surface area (Å²) in [5.74, 6) is 0.0590. The van der Waals surface area contributed by atoms with Gasteiger partial charge in [-0.15, -0.1) is 0 Å². The highest BCUT2D eigenvalue weighted by Gasteiger charge is 2.24. The van der Waals surface area contributed by atoms with E-state index in [4.69, 9.17) is 0 Å². The minimum atomic E-state index is 0.0590. The Morgan fingerprint density at radius 1 is 1.35 bits per heavy atom. The van der Waals surface area contributed by atoms with E-state index in [0.29, 0.717) is 0 Å². The first-order chi connectivity index (χ1) is 12.6. The molecule has 1 amide bonds. The van der Waals surface area contributed by atoms with Crippen molar-refractivity contribution in [2.24, 2.45) is 7.05 Å². The molecule has 1 fully saturated rings. The molecule has 0 N–H and O–H groups in total. The van der Waals surface area contributed by atoms with E-state index >= 15 is 0 Å².